The molecule has 0 bridgehead atoms. The van der Waals surface area contributed by atoms with Gasteiger partial charge in [0.15, 0.2) is 6.10 Å². The smallest absolute Gasteiger partial charge is 0.152 e. The summed E-state index contributed by atoms with van der Waals surface area (Å²) in [6, 6.07) is 18.6. The Kier molecular flexibility index (Phi) is 2.94. The molecule has 0 saturated carbocycles. The zero-order valence-corrected chi connectivity index (χ0v) is 11.7. The van der Waals surface area contributed by atoms with E-state index in [-0.39, 0.29) is 12.2 Å². The first-order valence-electron chi connectivity index (χ1n) is 6.71. The van der Waals surface area contributed by atoms with Crippen molar-refractivity contribution < 1.29 is 9.47 Å². The standard InChI is InChI=1S/C17H14O2S/c1-2-5-12(6-3-1)17(15-11-18-15)19-14-7-4-8-16-13(14)9-10-20-16/h1-10,15,17H,11H2/t15-,17-/m1/s1. The molecule has 2 aromatic carbocycles. The van der Waals surface area contributed by atoms with Gasteiger partial charge in [-0.15, -0.1) is 11.3 Å². The Morgan fingerprint density at radius 3 is 2.70 bits per heavy atom. The molecule has 3 heteroatoms. The van der Waals surface area contributed by atoms with Gasteiger partial charge in [0.25, 0.3) is 0 Å². The molecular weight excluding hydrogens is 268 g/mol. The first kappa shape index (κ1) is 11.9. The van der Waals surface area contributed by atoms with Crippen LogP contribution in [0.25, 0.3) is 10.1 Å². The number of thiophene rings is 1. The second kappa shape index (κ2) is 4.93. The van der Waals surface area contributed by atoms with Gasteiger partial charge in [0.2, 0.25) is 0 Å². The Morgan fingerprint density at radius 2 is 1.90 bits per heavy atom. The van der Waals surface area contributed by atoms with Gasteiger partial charge in [0, 0.05) is 10.1 Å². The second-order valence-corrected chi connectivity index (χ2v) is 5.86. The summed E-state index contributed by atoms with van der Waals surface area (Å²) >= 11 is 1.74. The quantitative estimate of drug-likeness (QED) is 0.661. The fourth-order valence-corrected chi connectivity index (χ4v) is 3.24. The first-order valence-corrected chi connectivity index (χ1v) is 7.59. The molecule has 0 radical (unpaired) electrons. The van der Waals surface area contributed by atoms with Crippen LogP contribution in [0.4, 0.5) is 0 Å². The molecule has 1 aliphatic rings. The van der Waals surface area contributed by atoms with Crippen LogP contribution in [0.3, 0.4) is 0 Å². The summed E-state index contributed by atoms with van der Waals surface area (Å²) in [5, 5.41) is 3.28. The molecule has 4 rings (SSSR count). The third-order valence-electron chi connectivity index (χ3n) is 3.53. The van der Waals surface area contributed by atoms with Crippen molar-refractivity contribution in [2.45, 2.75) is 12.2 Å². The number of fused-ring (bicyclic) bond motifs is 1. The van der Waals surface area contributed by atoms with Crippen molar-refractivity contribution in [1.82, 2.24) is 0 Å². The highest BCUT2D eigenvalue weighted by atomic mass is 32.1. The molecule has 100 valence electrons. The van der Waals surface area contributed by atoms with Gasteiger partial charge in [0.1, 0.15) is 11.9 Å². The molecule has 20 heavy (non-hydrogen) atoms. The van der Waals surface area contributed by atoms with E-state index in [2.05, 4.69) is 29.6 Å². The van der Waals surface area contributed by atoms with Gasteiger partial charge >= 0.3 is 0 Å². The van der Waals surface area contributed by atoms with Gasteiger partial charge in [-0.2, -0.15) is 0 Å². The van der Waals surface area contributed by atoms with Gasteiger partial charge < -0.3 is 9.47 Å². The van der Waals surface area contributed by atoms with Crippen molar-refractivity contribution in [3.8, 4) is 5.75 Å². The third-order valence-corrected chi connectivity index (χ3v) is 4.42. The summed E-state index contributed by atoms with van der Waals surface area (Å²) in [4.78, 5) is 0. The Labute approximate surface area is 121 Å². The number of benzene rings is 2. The summed E-state index contributed by atoms with van der Waals surface area (Å²) in [6.07, 6.45) is 0.146. The predicted octanol–water partition coefficient (Wildman–Crippen LogP) is 4.42. The lowest BCUT2D eigenvalue weighted by Crippen LogP contribution is -2.14. The molecule has 1 aliphatic heterocycles. The average Bonchev–Trinajstić information content (AvgIpc) is 3.22. The van der Waals surface area contributed by atoms with Gasteiger partial charge in [-0.1, -0.05) is 36.4 Å². The summed E-state index contributed by atoms with van der Waals surface area (Å²) in [7, 11) is 0. The lowest BCUT2D eigenvalue weighted by atomic mass is 10.1. The predicted molar refractivity (Wildman–Crippen MR) is 81.4 cm³/mol. The van der Waals surface area contributed by atoms with Crippen LogP contribution in [-0.4, -0.2) is 12.7 Å². The van der Waals surface area contributed by atoms with E-state index >= 15 is 0 Å². The average molecular weight is 282 g/mol. The van der Waals surface area contributed by atoms with Crippen LogP contribution in [0.2, 0.25) is 0 Å². The zero-order chi connectivity index (χ0) is 13.4. The minimum atomic E-state index is -0.0262. The molecule has 1 saturated heterocycles. The summed E-state index contributed by atoms with van der Waals surface area (Å²) in [6.45, 7) is 0.777. The zero-order valence-electron chi connectivity index (χ0n) is 10.9. The molecule has 0 amide bonds. The number of ether oxygens (including phenoxy) is 2. The maximum atomic E-state index is 6.28. The molecule has 0 spiro atoms. The topological polar surface area (TPSA) is 21.8 Å². The van der Waals surface area contributed by atoms with E-state index in [4.69, 9.17) is 9.47 Å². The van der Waals surface area contributed by atoms with Crippen LogP contribution in [0, 0.1) is 0 Å². The van der Waals surface area contributed by atoms with E-state index < -0.39 is 0 Å². The Morgan fingerprint density at radius 1 is 1.05 bits per heavy atom. The van der Waals surface area contributed by atoms with Crippen LogP contribution in [0.15, 0.2) is 60.0 Å². The van der Waals surface area contributed by atoms with Crippen LogP contribution in [0.5, 0.6) is 5.75 Å². The summed E-state index contributed by atoms with van der Waals surface area (Å²) < 4.78 is 13.0. The van der Waals surface area contributed by atoms with E-state index in [1.54, 1.807) is 11.3 Å². The largest absolute Gasteiger partial charge is 0.482 e. The van der Waals surface area contributed by atoms with Crippen LogP contribution < -0.4 is 4.74 Å². The van der Waals surface area contributed by atoms with Gasteiger partial charge in [-0.25, -0.2) is 0 Å². The normalized spacial score (nSPS) is 18.9. The minimum absolute atomic E-state index is 0.0262. The molecule has 2 atom stereocenters. The van der Waals surface area contributed by atoms with E-state index in [0.29, 0.717) is 0 Å². The Bertz CT molecular complexity index is 716. The van der Waals surface area contributed by atoms with Crippen LogP contribution >= 0.6 is 11.3 Å². The van der Waals surface area contributed by atoms with Gasteiger partial charge in [-0.3, -0.25) is 0 Å². The fraction of sp³-hybridized carbons (Fsp3) is 0.176. The molecule has 2 heterocycles. The molecular formula is C17H14O2S. The number of epoxide rings is 1. The van der Waals surface area contributed by atoms with E-state index in [1.807, 2.05) is 30.3 Å². The van der Waals surface area contributed by atoms with E-state index in [9.17, 15) is 0 Å². The number of hydrogen-bond acceptors (Lipinski definition) is 3. The lowest BCUT2D eigenvalue weighted by molar-refractivity contribution is 0.163. The molecule has 1 fully saturated rings. The Balaban J connectivity index is 1.70. The fourth-order valence-electron chi connectivity index (χ4n) is 2.44. The maximum absolute atomic E-state index is 6.28. The summed E-state index contributed by atoms with van der Waals surface area (Å²) in [5.41, 5.74) is 1.17. The molecule has 1 aromatic heterocycles. The molecule has 2 nitrogen and oxygen atoms in total. The highest BCUT2D eigenvalue weighted by Crippen LogP contribution is 2.36. The van der Waals surface area contributed by atoms with Crippen molar-refractivity contribution in [2.24, 2.45) is 0 Å². The van der Waals surface area contributed by atoms with Crippen LogP contribution in [0.1, 0.15) is 11.7 Å². The van der Waals surface area contributed by atoms with E-state index in [0.717, 1.165) is 12.4 Å². The van der Waals surface area contributed by atoms with E-state index in [1.165, 1.54) is 15.6 Å². The molecule has 3 aromatic rings. The van der Waals surface area contributed by atoms with Crippen LogP contribution in [-0.2, 0) is 4.74 Å². The van der Waals surface area contributed by atoms with Gasteiger partial charge in [-0.05, 0) is 29.1 Å². The lowest BCUT2D eigenvalue weighted by Gasteiger charge is -2.18. The molecule has 0 N–H and O–H groups in total. The maximum Gasteiger partial charge on any atom is 0.152 e. The van der Waals surface area contributed by atoms with Crippen molar-refractivity contribution in [3.05, 3.63) is 65.5 Å². The van der Waals surface area contributed by atoms with Gasteiger partial charge in [0.05, 0.1) is 6.61 Å². The Hall–Kier alpha value is -1.84. The number of rotatable bonds is 4. The minimum Gasteiger partial charge on any atom is -0.482 e. The number of hydrogen-bond donors (Lipinski definition) is 0. The monoisotopic (exact) mass is 282 g/mol. The highest BCUT2D eigenvalue weighted by Gasteiger charge is 2.36. The third kappa shape index (κ3) is 2.19. The van der Waals surface area contributed by atoms with Crippen molar-refractivity contribution >= 4 is 21.4 Å². The SMILES string of the molecule is c1ccc([C@@H](Oc2cccc3sccc23)[C@H]2CO2)cc1. The molecule has 0 aliphatic carbocycles. The molecule has 0 unspecified atom stereocenters. The highest BCUT2D eigenvalue weighted by molar-refractivity contribution is 7.17. The second-order valence-electron chi connectivity index (χ2n) is 4.91. The van der Waals surface area contributed by atoms with Crippen molar-refractivity contribution in [3.63, 3.8) is 0 Å². The van der Waals surface area contributed by atoms with Crippen molar-refractivity contribution in [2.75, 3.05) is 6.61 Å². The first-order chi connectivity index (χ1) is 9.92. The summed E-state index contributed by atoms with van der Waals surface area (Å²) in [5.74, 6) is 0.938. The van der Waals surface area contributed by atoms with Crippen molar-refractivity contribution in [1.29, 1.82) is 0 Å².